The lowest BCUT2D eigenvalue weighted by Gasteiger charge is -2.33. The minimum Gasteiger partial charge on any atom is -0.450 e. The molecule has 0 bridgehead atoms. The number of aryl methyl sites for hydroxylation is 2. The number of carbonyl (C=O) groups excluding carboxylic acids is 2. The molecule has 4 heterocycles. The summed E-state index contributed by atoms with van der Waals surface area (Å²) < 4.78 is 7.56. The average molecular weight is 438 g/mol. The highest BCUT2D eigenvalue weighted by molar-refractivity contribution is 5.96. The van der Waals surface area contributed by atoms with Crippen LogP contribution in [0.25, 0.3) is 0 Å². The maximum absolute atomic E-state index is 13.1. The maximum atomic E-state index is 13.1. The summed E-state index contributed by atoms with van der Waals surface area (Å²) >= 11 is 0. The highest BCUT2D eigenvalue weighted by Gasteiger charge is 2.55. The van der Waals surface area contributed by atoms with E-state index in [1.165, 1.54) is 0 Å². The van der Waals surface area contributed by atoms with Crippen molar-refractivity contribution < 1.29 is 14.0 Å². The van der Waals surface area contributed by atoms with Gasteiger partial charge in [0.1, 0.15) is 5.76 Å². The summed E-state index contributed by atoms with van der Waals surface area (Å²) in [5.41, 5.74) is 3.84. The van der Waals surface area contributed by atoms with Crippen LogP contribution in [-0.2, 0) is 13.0 Å². The van der Waals surface area contributed by atoms with Crippen LogP contribution in [0.4, 0.5) is 0 Å². The molecule has 2 aliphatic heterocycles. The molecule has 8 heteroatoms. The third kappa shape index (κ3) is 3.55. The number of likely N-dealkylation sites (tertiary alicyclic amines) is 1. The summed E-state index contributed by atoms with van der Waals surface area (Å²) in [6.45, 7) is 9.64. The number of aromatic nitrogens is 2. The number of rotatable bonds is 5. The topological polar surface area (TPSA) is 92.7 Å². The summed E-state index contributed by atoms with van der Waals surface area (Å²) in [4.78, 5) is 31.9. The molecule has 2 aromatic heterocycles. The number of nitrogens with one attached hydrogen (secondary N) is 1. The Kier molecular flexibility index (Phi) is 5.18. The van der Waals surface area contributed by atoms with Crippen LogP contribution in [0.15, 0.2) is 15.5 Å². The summed E-state index contributed by atoms with van der Waals surface area (Å²) in [6, 6.07) is 1.84. The molecule has 2 aromatic rings. The van der Waals surface area contributed by atoms with E-state index in [2.05, 4.69) is 15.4 Å². The molecule has 1 spiro atoms. The molecule has 32 heavy (non-hydrogen) atoms. The minimum absolute atomic E-state index is 0.102. The number of furan rings is 1. The zero-order valence-corrected chi connectivity index (χ0v) is 19.1. The van der Waals surface area contributed by atoms with Crippen LogP contribution in [0.2, 0.25) is 0 Å². The zero-order valence-electron chi connectivity index (χ0n) is 19.1. The average Bonchev–Trinajstić information content (AvgIpc) is 3.14. The van der Waals surface area contributed by atoms with Gasteiger partial charge in [-0.05, 0) is 63.9 Å². The van der Waals surface area contributed by atoms with E-state index in [9.17, 15) is 9.59 Å². The number of hydrogen-bond acceptors (Lipinski definition) is 5. The summed E-state index contributed by atoms with van der Waals surface area (Å²) in [5.74, 6) is 1.50. The van der Waals surface area contributed by atoms with Crippen molar-refractivity contribution in [1.29, 1.82) is 0 Å². The zero-order chi connectivity index (χ0) is 22.5. The number of piperidine rings is 1. The van der Waals surface area contributed by atoms with Gasteiger partial charge in [0.15, 0.2) is 5.76 Å². The Morgan fingerprint density at radius 1 is 1.28 bits per heavy atom. The van der Waals surface area contributed by atoms with Crippen molar-refractivity contribution >= 4 is 18.0 Å². The second-order valence-corrected chi connectivity index (χ2v) is 9.41. The molecule has 2 amide bonds. The van der Waals surface area contributed by atoms with E-state index in [0.717, 1.165) is 74.4 Å². The number of hydrogen-bond donors (Lipinski definition) is 1. The van der Waals surface area contributed by atoms with E-state index >= 15 is 0 Å². The molecule has 1 N–H and O–H groups in total. The SMILES string of the molecule is CCn1nc(C)c(C(=O)N2CCC3(CC2)CC3CNC(=O)c2cc3c(o2)C=NCC3)c1C. The first-order chi connectivity index (χ1) is 15.4. The second kappa shape index (κ2) is 7.90. The van der Waals surface area contributed by atoms with Crippen molar-refractivity contribution in [3.8, 4) is 0 Å². The highest BCUT2D eigenvalue weighted by atomic mass is 16.4. The maximum Gasteiger partial charge on any atom is 0.287 e. The van der Waals surface area contributed by atoms with Gasteiger partial charge in [0.2, 0.25) is 0 Å². The fourth-order valence-corrected chi connectivity index (χ4v) is 5.46. The lowest BCUT2D eigenvalue weighted by atomic mass is 9.90. The molecule has 1 saturated carbocycles. The van der Waals surface area contributed by atoms with Crippen molar-refractivity contribution in [2.24, 2.45) is 16.3 Å². The van der Waals surface area contributed by atoms with E-state index in [1.807, 2.05) is 36.4 Å². The molecule has 1 saturated heterocycles. The van der Waals surface area contributed by atoms with Crippen molar-refractivity contribution in [3.63, 3.8) is 0 Å². The number of amides is 2. The molecule has 2 fully saturated rings. The lowest BCUT2D eigenvalue weighted by Crippen LogP contribution is -2.40. The number of fused-ring (bicyclic) bond motifs is 1. The predicted molar refractivity (Wildman–Crippen MR) is 120 cm³/mol. The van der Waals surface area contributed by atoms with Crippen LogP contribution in [0, 0.1) is 25.2 Å². The summed E-state index contributed by atoms with van der Waals surface area (Å²) in [6.07, 6.45) is 5.62. The molecular weight excluding hydrogens is 406 g/mol. The van der Waals surface area contributed by atoms with E-state index < -0.39 is 0 Å². The quantitative estimate of drug-likeness (QED) is 0.778. The Balaban J connectivity index is 1.14. The molecule has 8 nitrogen and oxygen atoms in total. The minimum atomic E-state index is -0.152. The molecule has 0 radical (unpaired) electrons. The van der Waals surface area contributed by atoms with Gasteiger partial charge < -0.3 is 14.6 Å². The monoisotopic (exact) mass is 437 g/mol. The van der Waals surface area contributed by atoms with Crippen LogP contribution >= 0.6 is 0 Å². The first-order valence-electron chi connectivity index (χ1n) is 11.7. The smallest absolute Gasteiger partial charge is 0.287 e. The number of nitrogens with zero attached hydrogens (tertiary/aromatic N) is 4. The van der Waals surface area contributed by atoms with Crippen molar-refractivity contribution in [1.82, 2.24) is 20.0 Å². The van der Waals surface area contributed by atoms with E-state index in [-0.39, 0.29) is 17.2 Å². The van der Waals surface area contributed by atoms with Crippen molar-refractivity contribution in [2.45, 2.75) is 53.0 Å². The van der Waals surface area contributed by atoms with Gasteiger partial charge in [-0.2, -0.15) is 5.10 Å². The molecule has 3 aliphatic rings. The largest absolute Gasteiger partial charge is 0.450 e. The molecule has 0 aromatic carbocycles. The van der Waals surface area contributed by atoms with E-state index in [1.54, 1.807) is 6.21 Å². The molecule has 1 aliphatic carbocycles. The Labute approximate surface area is 188 Å². The van der Waals surface area contributed by atoms with Crippen LogP contribution < -0.4 is 5.32 Å². The Morgan fingerprint density at radius 3 is 2.75 bits per heavy atom. The molecule has 1 unspecified atom stereocenters. The third-order valence-electron chi connectivity index (χ3n) is 7.59. The molecule has 5 rings (SSSR count). The van der Waals surface area contributed by atoms with E-state index in [4.69, 9.17) is 4.42 Å². The number of aliphatic imine (C=N–C) groups is 1. The van der Waals surface area contributed by atoms with Crippen LogP contribution in [0.5, 0.6) is 0 Å². The van der Waals surface area contributed by atoms with E-state index in [0.29, 0.717) is 24.0 Å². The standard InChI is InChI=1S/C24H31N5O3/c1-4-29-16(3)21(15(2)27-29)23(31)28-9-6-24(7-10-28)12-18(24)13-26-22(30)19-11-17-5-8-25-14-20(17)32-19/h11,14,18H,4-10,12-13H2,1-3H3,(H,26,30). The first kappa shape index (κ1) is 21.0. The van der Waals surface area contributed by atoms with Gasteiger partial charge in [-0.1, -0.05) is 0 Å². The van der Waals surface area contributed by atoms with Gasteiger partial charge in [-0.25, -0.2) is 0 Å². The van der Waals surface area contributed by atoms with Crippen LogP contribution in [0.3, 0.4) is 0 Å². The molecule has 1 atom stereocenters. The Hall–Kier alpha value is -2.90. The fraction of sp³-hybridized carbons (Fsp3) is 0.583. The van der Waals surface area contributed by atoms with Gasteiger partial charge in [-0.15, -0.1) is 0 Å². The lowest BCUT2D eigenvalue weighted by molar-refractivity contribution is 0.0667. The number of carbonyl (C=O) groups is 2. The Bertz CT molecular complexity index is 1090. The molecular formula is C24H31N5O3. The van der Waals surface area contributed by atoms with Crippen LogP contribution in [-0.4, -0.2) is 58.9 Å². The fourth-order valence-electron chi connectivity index (χ4n) is 5.46. The third-order valence-corrected chi connectivity index (χ3v) is 7.59. The van der Waals surface area contributed by atoms with Gasteiger partial charge >= 0.3 is 0 Å². The van der Waals surface area contributed by atoms with Gasteiger partial charge in [0, 0.05) is 44.0 Å². The predicted octanol–water partition coefficient (Wildman–Crippen LogP) is 2.76. The van der Waals surface area contributed by atoms with Gasteiger partial charge in [-0.3, -0.25) is 19.3 Å². The summed E-state index contributed by atoms with van der Waals surface area (Å²) in [7, 11) is 0. The Morgan fingerprint density at radius 2 is 2.06 bits per heavy atom. The normalized spacial score (nSPS) is 21.0. The highest BCUT2D eigenvalue weighted by Crippen LogP contribution is 2.59. The first-order valence-corrected chi connectivity index (χ1v) is 11.7. The van der Waals surface area contributed by atoms with Crippen molar-refractivity contribution in [3.05, 3.63) is 40.1 Å². The summed E-state index contributed by atoms with van der Waals surface area (Å²) in [5, 5.41) is 7.56. The van der Waals surface area contributed by atoms with Crippen molar-refractivity contribution in [2.75, 3.05) is 26.2 Å². The molecule has 170 valence electrons. The second-order valence-electron chi connectivity index (χ2n) is 9.41. The van der Waals surface area contributed by atoms with Crippen LogP contribution in [0.1, 0.15) is 69.8 Å². The van der Waals surface area contributed by atoms with Gasteiger partial charge in [0.05, 0.1) is 17.5 Å². The van der Waals surface area contributed by atoms with Gasteiger partial charge in [0.25, 0.3) is 11.8 Å².